The summed E-state index contributed by atoms with van der Waals surface area (Å²) in [5.74, 6) is 0.313. The number of hydrogen-bond acceptors (Lipinski definition) is 5. The van der Waals surface area contributed by atoms with E-state index in [0.29, 0.717) is 17.0 Å². The summed E-state index contributed by atoms with van der Waals surface area (Å²) in [6.07, 6.45) is 4.92. The molecule has 0 saturated carbocycles. The lowest BCUT2D eigenvalue weighted by Crippen LogP contribution is -1.88. The fourth-order valence-corrected chi connectivity index (χ4v) is 3.93. The van der Waals surface area contributed by atoms with E-state index in [1.165, 1.54) is 18.5 Å². The Labute approximate surface area is 181 Å². The number of nitrogens with one attached hydrogen (secondary N) is 2. The van der Waals surface area contributed by atoms with Gasteiger partial charge in [0.25, 0.3) is 0 Å². The van der Waals surface area contributed by atoms with Crippen molar-refractivity contribution in [3.8, 4) is 33.9 Å². The third kappa shape index (κ3) is 3.01. The second kappa shape index (κ2) is 7.05. The van der Waals surface area contributed by atoms with E-state index in [9.17, 15) is 4.39 Å². The predicted octanol–water partition coefficient (Wildman–Crippen LogP) is 5.07. The van der Waals surface area contributed by atoms with Crippen molar-refractivity contribution in [3.05, 3.63) is 78.6 Å². The minimum absolute atomic E-state index is 0.271. The van der Waals surface area contributed by atoms with E-state index in [2.05, 4.69) is 25.1 Å². The van der Waals surface area contributed by atoms with Crippen LogP contribution in [0.4, 0.5) is 4.39 Å². The van der Waals surface area contributed by atoms with Gasteiger partial charge in [-0.1, -0.05) is 18.2 Å². The van der Waals surface area contributed by atoms with Crippen LogP contribution in [0.1, 0.15) is 5.56 Å². The maximum absolute atomic E-state index is 14.0. The van der Waals surface area contributed by atoms with Crippen molar-refractivity contribution in [2.24, 2.45) is 0 Å². The molecule has 0 aliphatic rings. The molecule has 2 N–H and O–H groups in total. The van der Waals surface area contributed by atoms with E-state index >= 15 is 0 Å². The number of aromatic nitrogens is 7. The van der Waals surface area contributed by atoms with E-state index < -0.39 is 0 Å². The zero-order valence-electron chi connectivity index (χ0n) is 17.0. The molecule has 0 radical (unpaired) electrons. The zero-order valence-corrected chi connectivity index (χ0v) is 17.0. The summed E-state index contributed by atoms with van der Waals surface area (Å²) in [4.78, 5) is 21.1. The Balaban J connectivity index is 1.52. The Morgan fingerprint density at radius 1 is 0.844 bits per heavy atom. The Hall–Kier alpha value is -4.46. The maximum atomic E-state index is 14.0. The number of hydrogen-bond donors (Lipinski definition) is 2. The normalized spacial score (nSPS) is 11.4. The molecular formula is C24H16FN7. The Bertz CT molecular complexity index is 1580. The van der Waals surface area contributed by atoms with E-state index in [4.69, 9.17) is 9.97 Å². The first-order valence-corrected chi connectivity index (χ1v) is 10.0. The van der Waals surface area contributed by atoms with Gasteiger partial charge in [-0.05, 0) is 48.4 Å². The van der Waals surface area contributed by atoms with Gasteiger partial charge in [0.2, 0.25) is 0 Å². The fourth-order valence-electron chi connectivity index (χ4n) is 3.93. The van der Waals surface area contributed by atoms with Crippen molar-refractivity contribution < 1.29 is 4.39 Å². The SMILES string of the molecule is Cc1cc(F)cc(-c2cccc3[nH]c(-c4n[nH]c5ccc(-c6cncnc6)nc45)nc23)c1. The Kier molecular flexibility index (Phi) is 4.04. The van der Waals surface area contributed by atoms with Gasteiger partial charge in [-0.2, -0.15) is 5.10 Å². The van der Waals surface area contributed by atoms with Crippen LogP contribution < -0.4 is 0 Å². The molecule has 32 heavy (non-hydrogen) atoms. The summed E-state index contributed by atoms with van der Waals surface area (Å²) in [5.41, 5.74) is 7.71. The highest BCUT2D eigenvalue weighted by Gasteiger charge is 2.17. The molecule has 0 fully saturated rings. The van der Waals surface area contributed by atoms with Crippen LogP contribution in [0.2, 0.25) is 0 Å². The molecule has 0 aliphatic heterocycles. The molecule has 6 aromatic rings. The van der Waals surface area contributed by atoms with Crippen molar-refractivity contribution in [2.45, 2.75) is 6.92 Å². The lowest BCUT2D eigenvalue weighted by atomic mass is 10.0. The molecule has 0 spiro atoms. The number of fused-ring (bicyclic) bond motifs is 2. The summed E-state index contributed by atoms with van der Waals surface area (Å²) in [5, 5.41) is 7.47. The van der Waals surface area contributed by atoms with Crippen molar-refractivity contribution in [1.82, 2.24) is 35.1 Å². The summed E-state index contributed by atoms with van der Waals surface area (Å²) >= 11 is 0. The van der Waals surface area contributed by atoms with Crippen LogP contribution in [0, 0.1) is 12.7 Å². The highest BCUT2D eigenvalue weighted by Crippen LogP contribution is 2.32. The summed E-state index contributed by atoms with van der Waals surface area (Å²) in [6.45, 7) is 1.87. The van der Waals surface area contributed by atoms with Crippen LogP contribution in [-0.4, -0.2) is 35.1 Å². The molecule has 0 bridgehead atoms. The monoisotopic (exact) mass is 421 g/mol. The standard InChI is InChI=1S/C24H16FN7/c1-13-7-14(9-16(25)8-13)17-3-2-4-19-21(17)30-24(29-19)23-22-20(31-32-23)6-5-18(28-22)15-10-26-12-27-11-15/h2-12H,1H3,(H,29,30)(H,31,32). The second-order valence-corrected chi connectivity index (χ2v) is 7.60. The number of halogens is 1. The minimum atomic E-state index is -0.271. The molecule has 6 rings (SSSR count). The number of benzene rings is 2. The smallest absolute Gasteiger partial charge is 0.161 e. The third-order valence-electron chi connectivity index (χ3n) is 5.35. The number of aromatic amines is 2. The van der Waals surface area contributed by atoms with Crippen LogP contribution in [0.5, 0.6) is 0 Å². The number of pyridine rings is 1. The van der Waals surface area contributed by atoms with Gasteiger partial charge in [-0.3, -0.25) is 5.10 Å². The minimum Gasteiger partial charge on any atom is -0.336 e. The first kappa shape index (κ1) is 18.3. The number of para-hydroxylation sites is 1. The van der Waals surface area contributed by atoms with Gasteiger partial charge >= 0.3 is 0 Å². The van der Waals surface area contributed by atoms with Crippen LogP contribution in [-0.2, 0) is 0 Å². The Morgan fingerprint density at radius 2 is 1.72 bits per heavy atom. The van der Waals surface area contributed by atoms with Crippen molar-refractivity contribution in [3.63, 3.8) is 0 Å². The molecule has 0 unspecified atom stereocenters. The molecule has 154 valence electrons. The number of aryl methyl sites for hydroxylation is 1. The van der Waals surface area contributed by atoms with Crippen LogP contribution in [0.15, 0.2) is 67.3 Å². The first-order valence-electron chi connectivity index (χ1n) is 10.0. The summed E-state index contributed by atoms with van der Waals surface area (Å²) in [6, 6.07) is 14.6. The van der Waals surface area contributed by atoms with Gasteiger partial charge in [0.05, 0.1) is 22.2 Å². The molecule has 0 atom stereocenters. The van der Waals surface area contributed by atoms with Gasteiger partial charge in [-0.15, -0.1) is 0 Å². The molecule has 0 amide bonds. The van der Waals surface area contributed by atoms with Crippen molar-refractivity contribution in [2.75, 3.05) is 0 Å². The first-order chi connectivity index (χ1) is 15.7. The predicted molar refractivity (Wildman–Crippen MR) is 120 cm³/mol. The molecule has 7 nitrogen and oxygen atoms in total. The molecular weight excluding hydrogens is 405 g/mol. The lowest BCUT2D eigenvalue weighted by molar-refractivity contribution is 0.627. The van der Waals surface area contributed by atoms with Gasteiger partial charge in [0, 0.05) is 23.5 Å². The third-order valence-corrected chi connectivity index (χ3v) is 5.35. The van der Waals surface area contributed by atoms with E-state index in [-0.39, 0.29) is 5.82 Å². The molecule has 8 heteroatoms. The van der Waals surface area contributed by atoms with Gasteiger partial charge in [0.15, 0.2) is 11.5 Å². The topological polar surface area (TPSA) is 96.0 Å². The Morgan fingerprint density at radius 3 is 2.56 bits per heavy atom. The molecule has 4 aromatic heterocycles. The van der Waals surface area contributed by atoms with Gasteiger partial charge < -0.3 is 4.98 Å². The van der Waals surface area contributed by atoms with Crippen LogP contribution in [0.3, 0.4) is 0 Å². The van der Waals surface area contributed by atoms with Crippen LogP contribution >= 0.6 is 0 Å². The van der Waals surface area contributed by atoms with E-state index in [1.54, 1.807) is 12.4 Å². The second-order valence-electron chi connectivity index (χ2n) is 7.60. The average Bonchev–Trinajstić information content (AvgIpc) is 3.42. The maximum Gasteiger partial charge on any atom is 0.161 e. The molecule has 2 aromatic carbocycles. The number of nitrogens with zero attached hydrogens (tertiary/aromatic N) is 5. The highest BCUT2D eigenvalue weighted by molar-refractivity contribution is 5.96. The average molecular weight is 421 g/mol. The number of rotatable bonds is 3. The number of H-pyrrole nitrogens is 2. The highest BCUT2D eigenvalue weighted by atomic mass is 19.1. The number of imidazole rings is 1. The van der Waals surface area contributed by atoms with Crippen molar-refractivity contribution >= 4 is 22.1 Å². The fraction of sp³-hybridized carbons (Fsp3) is 0.0417. The molecule has 0 aliphatic carbocycles. The van der Waals surface area contributed by atoms with E-state index in [1.807, 2.05) is 43.3 Å². The summed E-state index contributed by atoms with van der Waals surface area (Å²) in [7, 11) is 0. The zero-order chi connectivity index (χ0) is 21.7. The van der Waals surface area contributed by atoms with Gasteiger partial charge in [-0.25, -0.2) is 24.3 Å². The summed E-state index contributed by atoms with van der Waals surface area (Å²) < 4.78 is 14.0. The quantitative estimate of drug-likeness (QED) is 0.416. The van der Waals surface area contributed by atoms with E-state index in [0.717, 1.165) is 44.5 Å². The largest absolute Gasteiger partial charge is 0.336 e. The van der Waals surface area contributed by atoms with Crippen LogP contribution in [0.25, 0.3) is 56.0 Å². The van der Waals surface area contributed by atoms with Gasteiger partial charge in [0.1, 0.15) is 17.7 Å². The molecule has 0 saturated heterocycles. The van der Waals surface area contributed by atoms with Crippen molar-refractivity contribution in [1.29, 1.82) is 0 Å². The molecule has 4 heterocycles. The lowest BCUT2D eigenvalue weighted by Gasteiger charge is -2.04.